The van der Waals surface area contributed by atoms with E-state index in [-0.39, 0.29) is 5.41 Å². The predicted octanol–water partition coefficient (Wildman–Crippen LogP) is 5.11. The Morgan fingerprint density at radius 3 is 2.38 bits per heavy atom. The van der Waals surface area contributed by atoms with E-state index in [1.165, 1.54) is 43.2 Å². The number of rotatable bonds is 5. The summed E-state index contributed by atoms with van der Waals surface area (Å²) in [5.74, 6) is 0. The Morgan fingerprint density at radius 1 is 1.00 bits per heavy atom. The van der Waals surface area contributed by atoms with Crippen molar-refractivity contribution < 1.29 is 0 Å². The predicted molar refractivity (Wildman–Crippen MR) is 73.0 cm³/mol. The van der Waals surface area contributed by atoms with Gasteiger partial charge in [-0.25, -0.2) is 0 Å². The maximum absolute atomic E-state index is 2.38. The molecule has 0 nitrogen and oxygen atoms in total. The quantitative estimate of drug-likeness (QED) is 0.603. The molecule has 0 heterocycles. The van der Waals surface area contributed by atoms with Crippen LogP contribution < -0.4 is 0 Å². The molecule has 0 aromatic heterocycles. The van der Waals surface area contributed by atoms with Crippen molar-refractivity contribution in [1.29, 1.82) is 0 Å². The summed E-state index contributed by atoms with van der Waals surface area (Å²) in [6.07, 6.45) is 6.64. The molecule has 0 fully saturated rings. The van der Waals surface area contributed by atoms with Crippen LogP contribution in [0.4, 0.5) is 0 Å². The van der Waals surface area contributed by atoms with E-state index in [0.717, 1.165) is 0 Å². The largest absolute Gasteiger partial charge is 0.0654 e. The molecular formula is C16H26. The van der Waals surface area contributed by atoms with Gasteiger partial charge in [-0.3, -0.25) is 0 Å². The summed E-state index contributed by atoms with van der Waals surface area (Å²) in [6, 6.07) is 9.10. The zero-order valence-electron chi connectivity index (χ0n) is 11.3. The van der Waals surface area contributed by atoms with Crippen molar-refractivity contribution in [3.63, 3.8) is 0 Å². The second-order valence-corrected chi connectivity index (χ2v) is 5.76. The van der Waals surface area contributed by atoms with E-state index in [1.54, 1.807) is 0 Å². The van der Waals surface area contributed by atoms with E-state index < -0.39 is 0 Å². The topological polar surface area (TPSA) is 0 Å². The molecule has 1 aromatic carbocycles. The molecule has 16 heavy (non-hydrogen) atoms. The van der Waals surface area contributed by atoms with Gasteiger partial charge in [-0.05, 0) is 29.4 Å². The number of benzene rings is 1. The summed E-state index contributed by atoms with van der Waals surface area (Å²) in [5, 5.41) is 0. The van der Waals surface area contributed by atoms with Gasteiger partial charge in [0.15, 0.2) is 0 Å². The van der Waals surface area contributed by atoms with Crippen LogP contribution in [0, 0.1) is 0 Å². The maximum Gasteiger partial charge on any atom is -0.0132 e. The van der Waals surface area contributed by atoms with Gasteiger partial charge in [0.2, 0.25) is 0 Å². The lowest BCUT2D eigenvalue weighted by atomic mass is 9.86. The third kappa shape index (κ3) is 4.38. The van der Waals surface area contributed by atoms with Crippen LogP contribution in [0.2, 0.25) is 0 Å². The summed E-state index contributed by atoms with van der Waals surface area (Å²) >= 11 is 0. The Hall–Kier alpha value is -0.780. The molecular weight excluding hydrogens is 192 g/mol. The van der Waals surface area contributed by atoms with Gasteiger partial charge in [-0.1, -0.05) is 71.2 Å². The van der Waals surface area contributed by atoms with E-state index in [0.29, 0.717) is 0 Å². The van der Waals surface area contributed by atoms with Crippen LogP contribution in [0.25, 0.3) is 0 Å². The van der Waals surface area contributed by atoms with Crippen LogP contribution in [0.15, 0.2) is 24.3 Å². The molecule has 1 rings (SSSR count). The average molecular weight is 218 g/mol. The number of unbranched alkanes of at least 4 members (excludes halogenated alkanes) is 3. The summed E-state index contributed by atoms with van der Waals surface area (Å²) in [5.41, 5.74) is 3.24. The van der Waals surface area contributed by atoms with Crippen LogP contribution in [-0.4, -0.2) is 0 Å². The molecule has 0 N–H and O–H groups in total. The standard InChI is InChI=1S/C16H26/c1-5-6-7-8-10-14-11-9-12-15(13-14)16(2,3)4/h9,11-13H,5-8,10H2,1-4H3. The molecule has 0 bridgehead atoms. The molecule has 90 valence electrons. The molecule has 0 atom stereocenters. The minimum atomic E-state index is 0.277. The summed E-state index contributed by atoms with van der Waals surface area (Å²) < 4.78 is 0. The molecule has 0 radical (unpaired) electrons. The molecule has 0 aliphatic heterocycles. The van der Waals surface area contributed by atoms with Crippen molar-refractivity contribution in [3.8, 4) is 0 Å². The number of aryl methyl sites for hydroxylation is 1. The Balaban J connectivity index is 2.54. The maximum atomic E-state index is 2.38. The molecule has 0 saturated carbocycles. The molecule has 0 saturated heterocycles. The second kappa shape index (κ2) is 6.08. The normalized spacial score (nSPS) is 11.8. The van der Waals surface area contributed by atoms with Crippen molar-refractivity contribution in [3.05, 3.63) is 35.4 Å². The summed E-state index contributed by atoms with van der Waals surface area (Å²) in [4.78, 5) is 0. The fourth-order valence-electron chi connectivity index (χ4n) is 1.95. The van der Waals surface area contributed by atoms with Crippen molar-refractivity contribution in [2.75, 3.05) is 0 Å². The highest BCUT2D eigenvalue weighted by Crippen LogP contribution is 2.23. The molecule has 0 aliphatic rings. The fourth-order valence-corrected chi connectivity index (χ4v) is 1.95. The van der Waals surface area contributed by atoms with E-state index in [4.69, 9.17) is 0 Å². The smallest absolute Gasteiger partial charge is 0.0132 e. The van der Waals surface area contributed by atoms with Crippen LogP contribution >= 0.6 is 0 Å². The van der Waals surface area contributed by atoms with Crippen LogP contribution in [0.5, 0.6) is 0 Å². The number of hydrogen-bond acceptors (Lipinski definition) is 0. The first-order valence-electron chi connectivity index (χ1n) is 6.63. The minimum Gasteiger partial charge on any atom is -0.0654 e. The average Bonchev–Trinajstić information content (AvgIpc) is 2.24. The molecule has 0 aliphatic carbocycles. The zero-order valence-corrected chi connectivity index (χ0v) is 11.3. The van der Waals surface area contributed by atoms with Gasteiger partial charge in [0.25, 0.3) is 0 Å². The first-order chi connectivity index (χ1) is 7.54. The second-order valence-electron chi connectivity index (χ2n) is 5.76. The zero-order chi connectivity index (χ0) is 12.0. The van der Waals surface area contributed by atoms with Crippen molar-refractivity contribution in [2.45, 2.75) is 65.2 Å². The van der Waals surface area contributed by atoms with E-state index in [9.17, 15) is 0 Å². The first kappa shape index (κ1) is 13.3. The Labute approximate surface area is 101 Å². The van der Waals surface area contributed by atoms with Gasteiger partial charge in [0, 0.05) is 0 Å². The number of hydrogen-bond donors (Lipinski definition) is 0. The van der Waals surface area contributed by atoms with E-state index >= 15 is 0 Å². The summed E-state index contributed by atoms with van der Waals surface area (Å²) in [6.45, 7) is 9.11. The lowest BCUT2D eigenvalue weighted by Crippen LogP contribution is -2.11. The highest BCUT2D eigenvalue weighted by Gasteiger charge is 2.13. The molecule has 0 heteroatoms. The van der Waals surface area contributed by atoms with Crippen LogP contribution in [-0.2, 0) is 11.8 Å². The van der Waals surface area contributed by atoms with Crippen LogP contribution in [0.3, 0.4) is 0 Å². The fraction of sp³-hybridized carbons (Fsp3) is 0.625. The van der Waals surface area contributed by atoms with Gasteiger partial charge in [0.05, 0.1) is 0 Å². The van der Waals surface area contributed by atoms with E-state index in [1.807, 2.05) is 0 Å². The van der Waals surface area contributed by atoms with Crippen molar-refractivity contribution in [1.82, 2.24) is 0 Å². The minimum absolute atomic E-state index is 0.277. The first-order valence-corrected chi connectivity index (χ1v) is 6.63. The van der Waals surface area contributed by atoms with Crippen LogP contribution in [0.1, 0.15) is 64.5 Å². The van der Waals surface area contributed by atoms with Gasteiger partial charge in [-0.15, -0.1) is 0 Å². The molecule has 0 unspecified atom stereocenters. The van der Waals surface area contributed by atoms with Gasteiger partial charge < -0.3 is 0 Å². The third-order valence-corrected chi connectivity index (χ3v) is 3.11. The van der Waals surface area contributed by atoms with Gasteiger partial charge in [-0.2, -0.15) is 0 Å². The Bertz CT molecular complexity index is 304. The molecule has 0 amide bonds. The lowest BCUT2D eigenvalue weighted by molar-refractivity contribution is 0.588. The van der Waals surface area contributed by atoms with E-state index in [2.05, 4.69) is 52.0 Å². The Morgan fingerprint density at radius 2 is 1.75 bits per heavy atom. The highest BCUT2D eigenvalue weighted by atomic mass is 14.2. The summed E-state index contributed by atoms with van der Waals surface area (Å²) in [7, 11) is 0. The third-order valence-electron chi connectivity index (χ3n) is 3.11. The molecule has 0 spiro atoms. The SMILES string of the molecule is CCCCCCc1cccc(C(C)(C)C)c1. The van der Waals surface area contributed by atoms with Gasteiger partial charge >= 0.3 is 0 Å². The molecule has 1 aromatic rings. The van der Waals surface area contributed by atoms with Gasteiger partial charge in [0.1, 0.15) is 0 Å². The van der Waals surface area contributed by atoms with Crippen molar-refractivity contribution >= 4 is 0 Å². The lowest BCUT2D eigenvalue weighted by Gasteiger charge is -2.19. The Kier molecular flexibility index (Phi) is 5.05. The van der Waals surface area contributed by atoms with Crippen molar-refractivity contribution in [2.24, 2.45) is 0 Å². The highest BCUT2D eigenvalue weighted by molar-refractivity contribution is 5.28. The monoisotopic (exact) mass is 218 g/mol.